The van der Waals surface area contributed by atoms with Gasteiger partial charge >= 0.3 is 0 Å². The van der Waals surface area contributed by atoms with Crippen LogP contribution >= 0.6 is 23.4 Å². The molecule has 0 unspecified atom stereocenters. The zero-order valence-electron chi connectivity index (χ0n) is 14.9. The molecule has 5 nitrogen and oxygen atoms in total. The van der Waals surface area contributed by atoms with Gasteiger partial charge in [-0.25, -0.2) is 4.98 Å². The van der Waals surface area contributed by atoms with E-state index < -0.39 is 0 Å². The summed E-state index contributed by atoms with van der Waals surface area (Å²) in [7, 11) is 1.66. The van der Waals surface area contributed by atoms with Gasteiger partial charge in [-0.3, -0.25) is 4.98 Å². The third-order valence-corrected chi connectivity index (χ3v) is 5.97. The van der Waals surface area contributed by atoms with Gasteiger partial charge in [-0.1, -0.05) is 23.4 Å². The van der Waals surface area contributed by atoms with E-state index in [1.807, 2.05) is 24.4 Å². The maximum atomic E-state index is 6.71. The lowest BCUT2D eigenvalue weighted by Gasteiger charge is -2.22. The fourth-order valence-electron chi connectivity index (χ4n) is 3.33. The third-order valence-electron chi connectivity index (χ3n) is 4.69. The van der Waals surface area contributed by atoms with Crippen LogP contribution < -0.4 is 9.64 Å². The van der Waals surface area contributed by atoms with Crippen LogP contribution in [0.1, 0.15) is 24.1 Å². The number of aromatic amines is 1. The number of nitrogens with one attached hydrogen (secondary N) is 1. The number of H-pyrrole nitrogens is 1. The van der Waals surface area contributed by atoms with Gasteiger partial charge in [0.1, 0.15) is 5.75 Å². The van der Waals surface area contributed by atoms with Gasteiger partial charge in [-0.2, -0.15) is 0 Å². The minimum absolute atomic E-state index is 0.677. The molecule has 136 valence electrons. The fourth-order valence-corrected chi connectivity index (χ4v) is 4.63. The topological polar surface area (TPSA) is 54.0 Å². The van der Waals surface area contributed by atoms with Crippen LogP contribution in [0.15, 0.2) is 29.6 Å². The highest BCUT2D eigenvalue weighted by Gasteiger charge is 2.20. The van der Waals surface area contributed by atoms with Crippen molar-refractivity contribution in [2.45, 2.75) is 30.7 Å². The Balaban J connectivity index is 1.55. The molecule has 3 aromatic rings. The van der Waals surface area contributed by atoms with Crippen molar-refractivity contribution in [1.82, 2.24) is 15.0 Å². The maximum Gasteiger partial charge on any atom is 0.166 e. The summed E-state index contributed by atoms with van der Waals surface area (Å²) in [5.41, 5.74) is 5.08. The van der Waals surface area contributed by atoms with E-state index in [1.54, 1.807) is 18.9 Å². The lowest BCUT2D eigenvalue weighted by atomic mass is 10.2. The molecular formula is C19H21ClN4OS. The molecule has 0 amide bonds. The molecule has 4 rings (SSSR count). The number of pyridine rings is 1. The smallest absolute Gasteiger partial charge is 0.166 e. The second-order valence-corrected chi connectivity index (χ2v) is 7.80. The largest absolute Gasteiger partial charge is 0.497 e. The minimum atomic E-state index is 0.677. The molecule has 7 heteroatoms. The number of methoxy groups -OCH3 is 1. The number of hydrogen-bond donors (Lipinski definition) is 1. The normalized spacial score (nSPS) is 14.3. The molecule has 3 heterocycles. The van der Waals surface area contributed by atoms with Crippen molar-refractivity contribution in [2.75, 3.05) is 25.1 Å². The molecule has 1 fully saturated rings. The Kier molecular flexibility index (Phi) is 4.96. The predicted octanol–water partition coefficient (Wildman–Crippen LogP) is 4.82. The number of aromatic nitrogens is 3. The molecule has 1 saturated heterocycles. The number of hydrogen-bond acceptors (Lipinski definition) is 5. The average molecular weight is 389 g/mol. The van der Waals surface area contributed by atoms with E-state index in [-0.39, 0.29) is 0 Å². The monoisotopic (exact) mass is 388 g/mol. The van der Waals surface area contributed by atoms with Crippen molar-refractivity contribution in [1.29, 1.82) is 0 Å². The Morgan fingerprint density at radius 2 is 2.12 bits per heavy atom. The lowest BCUT2D eigenvalue weighted by Crippen LogP contribution is -2.20. The number of rotatable bonds is 5. The number of fused-ring (bicyclic) bond motifs is 1. The number of imidazole rings is 1. The molecule has 0 saturated carbocycles. The van der Waals surface area contributed by atoms with E-state index in [9.17, 15) is 0 Å². The van der Waals surface area contributed by atoms with Crippen LogP contribution in [-0.4, -0.2) is 35.2 Å². The number of halogens is 1. The van der Waals surface area contributed by atoms with Crippen LogP contribution in [0.3, 0.4) is 0 Å². The molecular weight excluding hydrogens is 368 g/mol. The SMILES string of the molecule is COc1ccc2[nH]c(SCc3ncc(C)c(N4CCCC4)c3Cl)nc2c1. The first-order valence-corrected chi connectivity index (χ1v) is 10.1. The van der Waals surface area contributed by atoms with Gasteiger partial charge < -0.3 is 14.6 Å². The van der Waals surface area contributed by atoms with Gasteiger partial charge in [0.05, 0.1) is 34.5 Å². The zero-order chi connectivity index (χ0) is 18.1. The minimum Gasteiger partial charge on any atom is -0.497 e. The summed E-state index contributed by atoms with van der Waals surface area (Å²) < 4.78 is 5.26. The van der Waals surface area contributed by atoms with E-state index >= 15 is 0 Å². The van der Waals surface area contributed by atoms with Crippen LogP contribution in [0.25, 0.3) is 11.0 Å². The van der Waals surface area contributed by atoms with Crippen molar-refractivity contribution in [3.05, 3.63) is 40.7 Å². The zero-order valence-corrected chi connectivity index (χ0v) is 16.5. The van der Waals surface area contributed by atoms with Gasteiger partial charge in [0.15, 0.2) is 5.16 Å². The van der Waals surface area contributed by atoms with E-state index in [0.717, 1.165) is 57.0 Å². The summed E-state index contributed by atoms with van der Waals surface area (Å²) in [4.78, 5) is 14.9. The van der Waals surface area contributed by atoms with E-state index in [2.05, 4.69) is 26.8 Å². The van der Waals surface area contributed by atoms with Gasteiger partial charge in [0.2, 0.25) is 0 Å². The number of thioether (sulfide) groups is 1. The Labute approximate surface area is 162 Å². The van der Waals surface area contributed by atoms with Gasteiger partial charge in [-0.15, -0.1) is 0 Å². The Bertz CT molecular complexity index is 937. The second kappa shape index (κ2) is 7.37. The molecule has 26 heavy (non-hydrogen) atoms. The first-order chi connectivity index (χ1) is 12.7. The Morgan fingerprint density at radius 1 is 1.31 bits per heavy atom. The highest BCUT2D eigenvalue weighted by atomic mass is 35.5. The summed E-state index contributed by atoms with van der Waals surface area (Å²) in [6.07, 6.45) is 4.38. The van der Waals surface area contributed by atoms with Gasteiger partial charge in [0, 0.05) is 31.1 Å². The van der Waals surface area contributed by atoms with Crippen molar-refractivity contribution in [2.24, 2.45) is 0 Å². The maximum absolute atomic E-state index is 6.71. The Morgan fingerprint density at radius 3 is 2.88 bits per heavy atom. The van der Waals surface area contributed by atoms with Gasteiger partial charge in [0.25, 0.3) is 0 Å². The molecule has 0 spiro atoms. The van der Waals surface area contributed by atoms with Crippen molar-refractivity contribution in [3.63, 3.8) is 0 Å². The number of nitrogens with zero attached hydrogens (tertiary/aromatic N) is 3. The van der Waals surface area contributed by atoms with Crippen LogP contribution in [0.2, 0.25) is 5.02 Å². The lowest BCUT2D eigenvalue weighted by molar-refractivity contribution is 0.415. The third kappa shape index (κ3) is 3.35. The first-order valence-electron chi connectivity index (χ1n) is 8.71. The summed E-state index contributed by atoms with van der Waals surface area (Å²) in [5, 5.41) is 1.63. The second-order valence-electron chi connectivity index (χ2n) is 6.46. The van der Waals surface area contributed by atoms with Crippen LogP contribution in [0, 0.1) is 6.92 Å². The molecule has 1 aliphatic heterocycles. The summed E-state index contributed by atoms with van der Waals surface area (Å²) in [6.45, 7) is 4.22. The standard InChI is InChI=1S/C19H21ClN4OS/c1-12-10-21-16(17(20)18(12)24-7-3-4-8-24)11-26-19-22-14-6-5-13(25-2)9-15(14)23-19/h5-6,9-10H,3-4,7-8,11H2,1-2H3,(H,22,23). The number of benzene rings is 1. The van der Waals surface area contributed by atoms with Crippen LogP contribution in [0.4, 0.5) is 5.69 Å². The summed E-state index contributed by atoms with van der Waals surface area (Å²) in [6, 6.07) is 5.84. The number of anilines is 1. The molecule has 0 bridgehead atoms. The number of ether oxygens (including phenoxy) is 1. The summed E-state index contributed by atoms with van der Waals surface area (Å²) in [5.74, 6) is 1.48. The quantitative estimate of drug-likeness (QED) is 0.635. The molecule has 2 aromatic heterocycles. The highest BCUT2D eigenvalue weighted by Crippen LogP contribution is 2.36. The van der Waals surface area contributed by atoms with Crippen LogP contribution in [0.5, 0.6) is 5.75 Å². The Hall–Kier alpha value is -1.92. The number of aryl methyl sites for hydroxylation is 1. The first kappa shape index (κ1) is 17.5. The molecule has 0 aliphatic carbocycles. The van der Waals surface area contributed by atoms with Crippen LogP contribution in [-0.2, 0) is 5.75 Å². The van der Waals surface area contributed by atoms with Crippen molar-refractivity contribution < 1.29 is 4.74 Å². The highest BCUT2D eigenvalue weighted by molar-refractivity contribution is 7.98. The van der Waals surface area contributed by atoms with E-state index in [1.165, 1.54) is 12.8 Å². The molecule has 0 radical (unpaired) electrons. The fraction of sp³-hybridized carbons (Fsp3) is 0.368. The summed E-state index contributed by atoms with van der Waals surface area (Å²) >= 11 is 8.33. The van der Waals surface area contributed by atoms with Crippen molar-refractivity contribution in [3.8, 4) is 5.75 Å². The van der Waals surface area contributed by atoms with E-state index in [4.69, 9.17) is 16.3 Å². The molecule has 1 N–H and O–H groups in total. The van der Waals surface area contributed by atoms with Gasteiger partial charge in [-0.05, 0) is 37.5 Å². The predicted molar refractivity (Wildman–Crippen MR) is 108 cm³/mol. The molecule has 0 atom stereocenters. The van der Waals surface area contributed by atoms with E-state index in [0.29, 0.717) is 5.75 Å². The van der Waals surface area contributed by atoms with Crippen molar-refractivity contribution >= 4 is 40.1 Å². The molecule has 1 aromatic carbocycles. The molecule has 1 aliphatic rings. The average Bonchev–Trinajstić information content (AvgIpc) is 3.29.